The molecule has 131 valence electrons. The van der Waals surface area contributed by atoms with E-state index >= 15 is 0 Å². The Morgan fingerprint density at radius 1 is 0.704 bits per heavy atom. The molecule has 0 bridgehead atoms. The summed E-state index contributed by atoms with van der Waals surface area (Å²) in [6.45, 7) is 0. The maximum Gasteiger partial charge on any atom is 3.00 e. The monoisotopic (exact) mass is 388 g/mol. The molecule has 1 heterocycles. The van der Waals surface area contributed by atoms with Crippen LogP contribution in [0.3, 0.4) is 0 Å². The molecule has 3 aromatic carbocycles. The molecule has 0 aliphatic heterocycles. The summed E-state index contributed by atoms with van der Waals surface area (Å²) in [7, 11) is 0. The predicted molar refractivity (Wildman–Crippen MR) is 105 cm³/mol. The van der Waals surface area contributed by atoms with E-state index in [-0.39, 0.29) is 16.5 Å². The van der Waals surface area contributed by atoms with Crippen molar-refractivity contribution < 1.29 is 16.5 Å². The van der Waals surface area contributed by atoms with Crippen LogP contribution in [0.4, 0.5) is 0 Å². The van der Waals surface area contributed by atoms with E-state index in [0.717, 1.165) is 27.9 Å². The number of nitrogens with zero attached hydrogens (tertiary/aromatic N) is 1. The first-order valence-corrected chi connectivity index (χ1v) is 8.25. The van der Waals surface area contributed by atoms with Crippen LogP contribution in [0.25, 0.3) is 22.4 Å². The number of aromatic nitrogens is 1. The van der Waals surface area contributed by atoms with E-state index in [9.17, 15) is 0 Å². The minimum absolute atomic E-state index is 0. The van der Waals surface area contributed by atoms with Gasteiger partial charge in [-0.25, -0.2) is 5.56 Å². The summed E-state index contributed by atoms with van der Waals surface area (Å²) >= 11 is 0. The number of rotatable bonds is 2. The molecule has 4 aromatic rings. The maximum atomic E-state index is 6.69. The zero-order valence-electron chi connectivity index (χ0n) is 14.5. The first-order chi connectivity index (χ1) is 12.9. The van der Waals surface area contributed by atoms with Crippen molar-refractivity contribution in [3.8, 4) is 28.3 Å². The van der Waals surface area contributed by atoms with Crippen LogP contribution < -0.4 is 0 Å². The molecule has 0 N–H and O–H groups in total. The van der Waals surface area contributed by atoms with Gasteiger partial charge >= 0.3 is 16.5 Å². The van der Waals surface area contributed by atoms with Crippen LogP contribution in [0.5, 0.6) is 0 Å². The molecule has 27 heavy (non-hydrogen) atoms. The van der Waals surface area contributed by atoms with Crippen molar-refractivity contribution in [3.63, 3.8) is 0 Å². The molecule has 0 saturated heterocycles. The third kappa shape index (κ3) is 5.96. The number of benzene rings is 3. The van der Waals surface area contributed by atoms with Crippen molar-refractivity contribution in [2.45, 2.75) is 0 Å². The number of hydrogen-bond acceptors (Lipinski definition) is 1. The standard InChI is InChI=1S/C17H11N.C8H5.Ni/c1-2-7-14(8-3-1)15-9-6-10-16(13-15)17-11-4-5-12-18-17;1-2-8-6-4-3-5-7-8;/h1-7,9-12H;3-7H;/q-2;-1;+3. The van der Waals surface area contributed by atoms with Gasteiger partial charge in [-0.15, -0.1) is 41.5 Å². The van der Waals surface area contributed by atoms with Crippen LogP contribution in [0.15, 0.2) is 97.2 Å². The van der Waals surface area contributed by atoms with E-state index in [2.05, 4.69) is 23.0 Å². The first kappa shape index (κ1) is 20.2. The molecule has 0 amide bonds. The van der Waals surface area contributed by atoms with Gasteiger partial charge in [0.05, 0.1) is 0 Å². The van der Waals surface area contributed by atoms with E-state index < -0.39 is 0 Å². The van der Waals surface area contributed by atoms with E-state index in [1.807, 2.05) is 91.0 Å². The van der Waals surface area contributed by atoms with Crippen molar-refractivity contribution >= 4 is 0 Å². The SMILES string of the molecule is [C-]#Cc1ccccc1.[Ni+3].[c-]1ccccc1-c1[c-]c(-c2ccccn2)ccc1. The molecule has 1 radical (unpaired) electrons. The third-order valence-corrected chi connectivity index (χ3v) is 3.65. The number of pyridine rings is 1. The summed E-state index contributed by atoms with van der Waals surface area (Å²) in [5.41, 5.74) is 4.86. The van der Waals surface area contributed by atoms with Crippen molar-refractivity contribution in [3.05, 3.63) is 121 Å². The van der Waals surface area contributed by atoms with Gasteiger partial charge in [0.15, 0.2) is 0 Å². The van der Waals surface area contributed by atoms with E-state index in [1.165, 1.54) is 0 Å². The summed E-state index contributed by atoms with van der Waals surface area (Å²) in [6.07, 6.45) is 8.49. The first-order valence-electron chi connectivity index (χ1n) is 8.25. The van der Waals surface area contributed by atoms with E-state index in [0.29, 0.717) is 0 Å². The average molecular weight is 389 g/mol. The molecule has 0 saturated carbocycles. The zero-order chi connectivity index (χ0) is 18.0. The smallest absolute Gasteiger partial charge is 0.366 e. The van der Waals surface area contributed by atoms with Crippen LogP contribution in [-0.4, -0.2) is 4.98 Å². The number of hydrogen-bond donors (Lipinski definition) is 0. The summed E-state index contributed by atoms with van der Waals surface area (Å²) in [5, 5.41) is 0. The predicted octanol–water partition coefficient (Wildman–Crippen LogP) is 5.64. The molecular formula is C25H16NNi. The second-order valence-electron chi connectivity index (χ2n) is 5.46. The second-order valence-corrected chi connectivity index (χ2v) is 5.46. The largest absolute Gasteiger partial charge is 3.00 e. The minimum Gasteiger partial charge on any atom is -0.366 e. The molecule has 0 aliphatic rings. The molecular weight excluding hydrogens is 373 g/mol. The van der Waals surface area contributed by atoms with Crippen molar-refractivity contribution in [1.29, 1.82) is 0 Å². The van der Waals surface area contributed by atoms with Gasteiger partial charge in [0.2, 0.25) is 0 Å². The Balaban J connectivity index is 0.000000247. The topological polar surface area (TPSA) is 12.9 Å². The Bertz CT molecular complexity index is 920. The molecule has 0 spiro atoms. The molecule has 4 rings (SSSR count). The van der Waals surface area contributed by atoms with Gasteiger partial charge in [0, 0.05) is 11.9 Å². The van der Waals surface area contributed by atoms with Crippen LogP contribution in [-0.2, 0) is 16.5 Å². The fourth-order valence-corrected chi connectivity index (χ4v) is 2.38. The molecule has 0 fully saturated rings. The molecule has 1 nitrogen and oxygen atoms in total. The molecule has 2 heteroatoms. The second kappa shape index (κ2) is 10.8. The molecule has 0 unspecified atom stereocenters. The Morgan fingerprint density at radius 2 is 1.41 bits per heavy atom. The van der Waals surface area contributed by atoms with Crippen molar-refractivity contribution in [2.24, 2.45) is 0 Å². The fourth-order valence-electron chi connectivity index (χ4n) is 2.38. The van der Waals surface area contributed by atoms with Crippen LogP contribution >= 0.6 is 0 Å². The average Bonchev–Trinajstić information content (AvgIpc) is 2.76. The van der Waals surface area contributed by atoms with Crippen LogP contribution in [0.1, 0.15) is 5.56 Å². The Morgan fingerprint density at radius 3 is 2.04 bits per heavy atom. The molecule has 0 atom stereocenters. The van der Waals surface area contributed by atoms with Gasteiger partial charge in [0.1, 0.15) is 0 Å². The Kier molecular flexibility index (Phi) is 8.05. The van der Waals surface area contributed by atoms with Gasteiger partial charge < -0.3 is 6.42 Å². The van der Waals surface area contributed by atoms with Crippen molar-refractivity contribution in [2.75, 3.05) is 0 Å². The Hall–Kier alpha value is -3.14. The Labute approximate surface area is 171 Å². The van der Waals surface area contributed by atoms with Gasteiger partial charge in [-0.2, -0.15) is 42.0 Å². The van der Waals surface area contributed by atoms with Crippen LogP contribution in [0.2, 0.25) is 0 Å². The van der Waals surface area contributed by atoms with Gasteiger partial charge in [0.25, 0.3) is 0 Å². The summed E-state index contributed by atoms with van der Waals surface area (Å²) in [4.78, 5) is 4.34. The third-order valence-electron chi connectivity index (χ3n) is 3.65. The maximum absolute atomic E-state index is 6.69. The normalized spacial score (nSPS) is 9.15. The minimum atomic E-state index is 0. The van der Waals surface area contributed by atoms with Gasteiger partial charge in [-0.3, -0.25) is 10.9 Å². The van der Waals surface area contributed by atoms with Crippen molar-refractivity contribution in [1.82, 2.24) is 4.98 Å². The quantitative estimate of drug-likeness (QED) is 0.246. The van der Waals surface area contributed by atoms with Gasteiger partial charge in [-0.05, 0) is 6.07 Å². The summed E-state index contributed by atoms with van der Waals surface area (Å²) in [5.74, 6) is 2.28. The van der Waals surface area contributed by atoms with E-state index in [1.54, 1.807) is 6.20 Å². The fraction of sp³-hybridized carbons (Fsp3) is 0. The summed E-state index contributed by atoms with van der Waals surface area (Å²) < 4.78 is 0. The van der Waals surface area contributed by atoms with E-state index in [4.69, 9.17) is 6.42 Å². The molecule has 1 aromatic heterocycles. The van der Waals surface area contributed by atoms with Crippen LogP contribution in [0, 0.1) is 24.5 Å². The summed E-state index contributed by atoms with van der Waals surface area (Å²) in [6, 6.07) is 35.9. The molecule has 0 aliphatic carbocycles. The van der Waals surface area contributed by atoms with Gasteiger partial charge in [-0.1, -0.05) is 30.3 Å². The zero-order valence-corrected chi connectivity index (χ0v) is 15.5.